The van der Waals surface area contributed by atoms with Crippen LogP contribution in [0.2, 0.25) is 10.0 Å². The second kappa shape index (κ2) is 15.8. The fourth-order valence-corrected chi connectivity index (χ4v) is 7.14. The highest BCUT2D eigenvalue weighted by atomic mass is 35.5. The normalized spacial score (nSPS) is 14.5. The molecule has 0 radical (unpaired) electrons. The summed E-state index contributed by atoms with van der Waals surface area (Å²) in [4.78, 5) is 29.7. The molecule has 0 spiro atoms. The van der Waals surface area contributed by atoms with E-state index in [1.54, 1.807) is 29.2 Å². The van der Waals surface area contributed by atoms with Crippen molar-refractivity contribution in [3.63, 3.8) is 0 Å². The van der Waals surface area contributed by atoms with Crippen molar-refractivity contribution in [3.05, 3.63) is 99.5 Å². The fraction of sp³-hybridized carbons (Fsp3) is 0.412. The molecule has 1 N–H and O–H groups in total. The number of hydrogen-bond acceptors (Lipinski definition) is 4. The van der Waals surface area contributed by atoms with Crippen molar-refractivity contribution in [2.75, 3.05) is 17.1 Å². The van der Waals surface area contributed by atoms with Gasteiger partial charge in [0, 0.05) is 42.0 Å². The van der Waals surface area contributed by atoms with Crippen LogP contribution in [0.25, 0.3) is 0 Å². The van der Waals surface area contributed by atoms with Crippen LogP contribution < -0.4 is 9.62 Å². The summed E-state index contributed by atoms with van der Waals surface area (Å²) in [6, 6.07) is 21.3. The number of rotatable bonds is 13. The summed E-state index contributed by atoms with van der Waals surface area (Å²) in [5, 5.41) is 4.11. The van der Waals surface area contributed by atoms with Gasteiger partial charge in [0.1, 0.15) is 6.04 Å². The van der Waals surface area contributed by atoms with Crippen LogP contribution in [0.5, 0.6) is 0 Å². The van der Waals surface area contributed by atoms with E-state index in [9.17, 15) is 18.0 Å². The largest absolute Gasteiger partial charge is 0.352 e. The molecule has 1 aliphatic carbocycles. The van der Waals surface area contributed by atoms with E-state index in [1.807, 2.05) is 55.5 Å². The summed E-state index contributed by atoms with van der Waals surface area (Å²) in [7, 11) is -3.58. The van der Waals surface area contributed by atoms with Crippen LogP contribution in [-0.2, 0) is 32.6 Å². The van der Waals surface area contributed by atoms with E-state index < -0.39 is 16.1 Å². The molecule has 1 atom stereocenters. The Morgan fingerprint density at radius 2 is 1.68 bits per heavy atom. The van der Waals surface area contributed by atoms with Crippen molar-refractivity contribution >= 4 is 50.7 Å². The average Bonchev–Trinajstić information content (AvgIpc) is 2.98. The van der Waals surface area contributed by atoms with Gasteiger partial charge in [-0.05, 0) is 67.1 Å². The summed E-state index contributed by atoms with van der Waals surface area (Å²) >= 11 is 12.7. The third-order valence-electron chi connectivity index (χ3n) is 8.02. The minimum absolute atomic E-state index is 0.0467. The predicted molar refractivity (Wildman–Crippen MR) is 179 cm³/mol. The van der Waals surface area contributed by atoms with Gasteiger partial charge in [0.05, 0.1) is 11.9 Å². The third-order valence-corrected chi connectivity index (χ3v) is 9.80. The molecule has 0 bridgehead atoms. The maximum atomic E-state index is 14.1. The molecule has 0 aromatic heterocycles. The molecular formula is C34H41Cl2N3O4S. The minimum Gasteiger partial charge on any atom is -0.352 e. The van der Waals surface area contributed by atoms with E-state index in [2.05, 4.69) is 5.32 Å². The molecule has 10 heteroatoms. The van der Waals surface area contributed by atoms with Gasteiger partial charge in [0.2, 0.25) is 21.8 Å². The number of benzene rings is 3. The van der Waals surface area contributed by atoms with Crippen molar-refractivity contribution in [2.24, 2.45) is 0 Å². The molecule has 4 rings (SSSR count). The molecule has 7 nitrogen and oxygen atoms in total. The molecule has 0 aliphatic heterocycles. The van der Waals surface area contributed by atoms with Gasteiger partial charge in [-0.2, -0.15) is 0 Å². The number of amides is 2. The van der Waals surface area contributed by atoms with Crippen molar-refractivity contribution in [3.8, 4) is 0 Å². The van der Waals surface area contributed by atoms with E-state index in [0.717, 1.165) is 49.5 Å². The molecule has 2 amide bonds. The van der Waals surface area contributed by atoms with Crippen molar-refractivity contribution in [1.29, 1.82) is 0 Å². The lowest BCUT2D eigenvalue weighted by atomic mass is 9.94. The molecule has 236 valence electrons. The zero-order valence-corrected chi connectivity index (χ0v) is 27.7. The highest BCUT2D eigenvalue weighted by Gasteiger charge is 2.32. The fourth-order valence-electron chi connectivity index (χ4n) is 5.72. The first kappa shape index (κ1) is 33.8. The second-order valence-corrected chi connectivity index (χ2v) is 14.3. The Hall–Kier alpha value is -3.07. The molecule has 1 aliphatic rings. The van der Waals surface area contributed by atoms with E-state index in [4.69, 9.17) is 23.2 Å². The maximum absolute atomic E-state index is 14.1. The van der Waals surface area contributed by atoms with Crippen LogP contribution in [0.1, 0.15) is 61.6 Å². The van der Waals surface area contributed by atoms with Gasteiger partial charge < -0.3 is 10.2 Å². The van der Waals surface area contributed by atoms with Gasteiger partial charge >= 0.3 is 0 Å². The number of halogens is 2. The zero-order valence-electron chi connectivity index (χ0n) is 25.3. The third kappa shape index (κ3) is 9.71. The van der Waals surface area contributed by atoms with Crippen LogP contribution >= 0.6 is 23.2 Å². The van der Waals surface area contributed by atoms with Crippen LogP contribution in [0.3, 0.4) is 0 Å². The maximum Gasteiger partial charge on any atom is 0.243 e. The number of carbonyl (C=O) groups is 2. The molecular weight excluding hydrogens is 617 g/mol. The second-order valence-electron chi connectivity index (χ2n) is 11.6. The smallest absolute Gasteiger partial charge is 0.243 e. The standard InChI is InChI=1S/C34H41Cl2N3O4S/c1-25-11-9-16-30(21-25)39(44(2,42)43)20-10-17-33(40)38(24-27-18-19-28(35)23-31(27)36)32(22-26-12-5-3-6-13-26)34(41)37-29-14-7-4-8-15-29/h3,5-6,9,11-13,16,18-19,21,23,29,32H,4,7-8,10,14-15,17,20,22,24H2,1-2H3,(H,37,41)/t32-/m1/s1. The Morgan fingerprint density at radius 1 is 0.955 bits per heavy atom. The molecule has 3 aromatic rings. The van der Waals surface area contributed by atoms with Gasteiger partial charge in [-0.1, -0.05) is 91.0 Å². The summed E-state index contributed by atoms with van der Waals surface area (Å²) in [6.45, 7) is 2.14. The van der Waals surface area contributed by atoms with E-state index in [-0.39, 0.29) is 43.8 Å². The number of aryl methyl sites for hydroxylation is 1. The van der Waals surface area contributed by atoms with E-state index in [0.29, 0.717) is 27.7 Å². The van der Waals surface area contributed by atoms with Gasteiger partial charge in [-0.3, -0.25) is 13.9 Å². The van der Waals surface area contributed by atoms with Crippen LogP contribution in [0.15, 0.2) is 72.8 Å². The average molecular weight is 659 g/mol. The number of sulfonamides is 1. The molecule has 0 saturated heterocycles. The molecule has 0 unspecified atom stereocenters. The number of hydrogen-bond donors (Lipinski definition) is 1. The summed E-state index contributed by atoms with van der Waals surface area (Å²) in [5.74, 6) is -0.454. The number of carbonyl (C=O) groups excluding carboxylic acids is 2. The van der Waals surface area contributed by atoms with Crippen LogP contribution in [0.4, 0.5) is 5.69 Å². The Labute approximate surface area is 271 Å². The Bertz CT molecular complexity index is 1530. The summed E-state index contributed by atoms with van der Waals surface area (Å²) in [6.07, 6.45) is 6.93. The Balaban J connectivity index is 1.61. The number of nitrogens with zero attached hydrogens (tertiary/aromatic N) is 2. The Morgan fingerprint density at radius 3 is 2.34 bits per heavy atom. The lowest BCUT2D eigenvalue weighted by Gasteiger charge is -2.34. The molecule has 1 fully saturated rings. The Kier molecular flexibility index (Phi) is 12.1. The lowest BCUT2D eigenvalue weighted by molar-refractivity contribution is -0.141. The summed E-state index contributed by atoms with van der Waals surface area (Å²) < 4.78 is 26.7. The van der Waals surface area contributed by atoms with Crippen molar-refractivity contribution in [1.82, 2.24) is 10.2 Å². The van der Waals surface area contributed by atoms with Gasteiger partial charge in [-0.15, -0.1) is 0 Å². The molecule has 1 saturated carbocycles. The zero-order chi connectivity index (χ0) is 31.7. The lowest BCUT2D eigenvalue weighted by Crippen LogP contribution is -2.53. The number of nitrogens with one attached hydrogen (secondary N) is 1. The SMILES string of the molecule is Cc1cccc(N(CCCC(=O)N(Cc2ccc(Cl)cc2Cl)[C@H](Cc2ccccc2)C(=O)NC2CCCCC2)S(C)(=O)=O)c1. The van der Waals surface area contributed by atoms with E-state index in [1.165, 1.54) is 4.31 Å². The number of anilines is 1. The first-order chi connectivity index (χ1) is 21.0. The highest BCUT2D eigenvalue weighted by molar-refractivity contribution is 7.92. The monoisotopic (exact) mass is 657 g/mol. The first-order valence-electron chi connectivity index (χ1n) is 15.1. The molecule has 3 aromatic carbocycles. The van der Waals surface area contributed by atoms with E-state index >= 15 is 0 Å². The summed E-state index contributed by atoms with van der Waals surface area (Å²) in [5.41, 5.74) is 3.09. The predicted octanol–water partition coefficient (Wildman–Crippen LogP) is 6.94. The minimum atomic E-state index is -3.58. The van der Waals surface area contributed by atoms with Gasteiger partial charge in [-0.25, -0.2) is 8.42 Å². The van der Waals surface area contributed by atoms with Crippen molar-refractivity contribution in [2.45, 2.75) is 76.9 Å². The quantitative estimate of drug-likeness (QED) is 0.216. The van der Waals surface area contributed by atoms with Crippen LogP contribution in [-0.4, -0.2) is 50.0 Å². The van der Waals surface area contributed by atoms with Crippen molar-refractivity contribution < 1.29 is 18.0 Å². The molecule has 44 heavy (non-hydrogen) atoms. The highest BCUT2D eigenvalue weighted by Crippen LogP contribution is 2.26. The topological polar surface area (TPSA) is 86.8 Å². The molecule has 0 heterocycles. The van der Waals surface area contributed by atoms with Crippen LogP contribution in [0, 0.1) is 6.92 Å². The first-order valence-corrected chi connectivity index (χ1v) is 17.7. The van der Waals surface area contributed by atoms with Gasteiger partial charge in [0.15, 0.2) is 0 Å². The van der Waals surface area contributed by atoms with Gasteiger partial charge in [0.25, 0.3) is 0 Å².